The molecule has 0 atom stereocenters. The Morgan fingerprint density at radius 3 is 2.62 bits per heavy atom. The lowest BCUT2D eigenvalue weighted by molar-refractivity contribution is -0.118. The van der Waals surface area contributed by atoms with E-state index in [1.54, 1.807) is 23.0 Å². The van der Waals surface area contributed by atoms with Crippen molar-refractivity contribution in [3.63, 3.8) is 0 Å². The van der Waals surface area contributed by atoms with E-state index >= 15 is 0 Å². The maximum Gasteiger partial charge on any atom is 0.337 e. The number of amides is 1. The van der Waals surface area contributed by atoms with E-state index < -0.39 is 0 Å². The smallest absolute Gasteiger partial charge is 0.337 e. The molecule has 0 fully saturated rings. The molecule has 1 aliphatic rings. The van der Waals surface area contributed by atoms with E-state index in [1.807, 2.05) is 73.8 Å². The minimum Gasteiger partial charge on any atom is -0.489 e. The number of methoxy groups -OCH3 is 1. The molecule has 0 saturated heterocycles. The molecule has 5 rings (SSSR count). The lowest BCUT2D eigenvalue weighted by Crippen LogP contribution is -2.25. The van der Waals surface area contributed by atoms with Crippen molar-refractivity contribution in [3.8, 4) is 22.8 Å². The van der Waals surface area contributed by atoms with Crippen molar-refractivity contribution in [1.29, 1.82) is 0 Å². The molecule has 0 bridgehead atoms. The lowest BCUT2D eigenvalue weighted by Gasteiger charge is -2.18. The topological polar surface area (TPSA) is 104 Å². The van der Waals surface area contributed by atoms with Crippen LogP contribution in [0.4, 0.5) is 5.69 Å². The highest BCUT2D eigenvalue weighted by atomic mass is 32.1. The van der Waals surface area contributed by atoms with Crippen LogP contribution in [0.2, 0.25) is 0 Å². The van der Waals surface area contributed by atoms with Gasteiger partial charge in [-0.1, -0.05) is 12.1 Å². The molecule has 3 aromatic carbocycles. The van der Waals surface area contributed by atoms with Crippen LogP contribution in [0.5, 0.6) is 11.5 Å². The zero-order valence-electron chi connectivity index (χ0n) is 22.3. The third-order valence-electron chi connectivity index (χ3n) is 5.95. The first-order valence-corrected chi connectivity index (χ1v) is 13.5. The van der Waals surface area contributed by atoms with Crippen LogP contribution >= 0.6 is 11.3 Å². The van der Waals surface area contributed by atoms with Gasteiger partial charge < -0.3 is 19.5 Å². The minimum atomic E-state index is -0.367. The largest absolute Gasteiger partial charge is 0.489 e. The maximum absolute atomic E-state index is 11.8. The van der Waals surface area contributed by atoms with Gasteiger partial charge in [-0.25, -0.2) is 9.47 Å². The average molecular weight is 557 g/mol. The number of hydrogen-bond acceptors (Lipinski definition) is 8. The van der Waals surface area contributed by atoms with Crippen molar-refractivity contribution < 1.29 is 23.8 Å². The van der Waals surface area contributed by atoms with E-state index in [1.165, 1.54) is 18.4 Å². The normalized spacial score (nSPS) is 13.2. The number of anilines is 1. The number of esters is 1. The molecule has 9 nitrogen and oxygen atoms in total. The predicted molar refractivity (Wildman–Crippen MR) is 154 cm³/mol. The Kier molecular flexibility index (Phi) is 8.07. The summed E-state index contributed by atoms with van der Waals surface area (Å²) in [6, 6.07) is 20.5. The van der Waals surface area contributed by atoms with Crippen molar-refractivity contribution in [2.45, 2.75) is 26.5 Å². The number of benzene rings is 3. The van der Waals surface area contributed by atoms with Crippen LogP contribution in [-0.4, -0.2) is 42.5 Å². The van der Waals surface area contributed by atoms with Crippen LogP contribution in [0.3, 0.4) is 0 Å². The number of thiazole rings is 1. The van der Waals surface area contributed by atoms with Crippen LogP contribution in [0.15, 0.2) is 82.2 Å². The molecular weight excluding hydrogens is 528 g/mol. The molecule has 2 heterocycles. The van der Waals surface area contributed by atoms with Gasteiger partial charge in [0.15, 0.2) is 6.61 Å². The monoisotopic (exact) mass is 556 g/mol. The number of hydrogen-bond donors (Lipinski definition) is 1. The molecule has 40 heavy (non-hydrogen) atoms. The van der Waals surface area contributed by atoms with Gasteiger partial charge in [0.2, 0.25) is 4.80 Å². The van der Waals surface area contributed by atoms with Crippen molar-refractivity contribution >= 4 is 35.1 Å². The van der Waals surface area contributed by atoms with Crippen molar-refractivity contribution in [3.05, 3.63) is 93.6 Å². The number of nitrogens with one attached hydrogen (secondary N) is 1. The highest BCUT2D eigenvalue weighted by Gasteiger charge is 2.18. The van der Waals surface area contributed by atoms with E-state index in [9.17, 15) is 9.59 Å². The van der Waals surface area contributed by atoms with E-state index in [-0.39, 0.29) is 24.5 Å². The van der Waals surface area contributed by atoms with Gasteiger partial charge in [0.25, 0.3) is 5.91 Å². The predicted octanol–water partition coefficient (Wildman–Crippen LogP) is 5.10. The first-order chi connectivity index (χ1) is 19.4. The number of rotatable bonds is 8. The van der Waals surface area contributed by atoms with E-state index in [2.05, 4.69) is 5.32 Å². The molecule has 1 aliphatic heterocycles. The number of fused-ring (bicyclic) bond motifs is 1. The molecule has 1 aromatic heterocycles. The van der Waals surface area contributed by atoms with E-state index in [4.69, 9.17) is 24.3 Å². The number of nitrogens with zero attached hydrogens (tertiary/aromatic N) is 3. The molecule has 4 aromatic rings. The van der Waals surface area contributed by atoms with E-state index in [0.717, 1.165) is 27.2 Å². The molecule has 0 spiro atoms. The summed E-state index contributed by atoms with van der Waals surface area (Å²) in [7, 11) is 1.36. The summed E-state index contributed by atoms with van der Waals surface area (Å²) < 4.78 is 17.9. The van der Waals surface area contributed by atoms with E-state index in [0.29, 0.717) is 29.4 Å². The molecule has 0 radical (unpaired) electrons. The average Bonchev–Trinajstić information content (AvgIpc) is 3.36. The summed E-state index contributed by atoms with van der Waals surface area (Å²) in [6.45, 7) is 4.42. The Labute approximate surface area is 235 Å². The van der Waals surface area contributed by atoms with Crippen molar-refractivity contribution in [2.75, 3.05) is 19.0 Å². The molecule has 1 amide bonds. The molecule has 1 N–H and O–H groups in total. The van der Waals surface area contributed by atoms with Crippen LogP contribution in [0.25, 0.3) is 11.3 Å². The first kappa shape index (κ1) is 26.9. The second-order valence-electron chi connectivity index (χ2n) is 9.28. The number of carbonyl (C=O) groups is 2. The molecule has 10 heteroatoms. The number of aromatic nitrogens is 1. The van der Waals surface area contributed by atoms with Crippen LogP contribution in [0.1, 0.15) is 35.3 Å². The van der Waals surface area contributed by atoms with Crippen LogP contribution in [-0.2, 0) is 16.1 Å². The van der Waals surface area contributed by atoms with Crippen LogP contribution < -0.4 is 19.6 Å². The standard InChI is InChI=1S/C30H28N4O5S/c1-19(2)32-30-34(26(18-40-30)23-10-13-27-25(14-23)33-28(35)17-39-27)31-15-20-6-11-24(12-7-20)38-16-21-4-8-22(9-5-21)29(36)37-3/h4-15,18-19H,16-17H2,1-3H3,(H,33,35). The Balaban J connectivity index is 1.33. The molecule has 0 saturated carbocycles. The van der Waals surface area contributed by atoms with Gasteiger partial charge in [-0.2, -0.15) is 5.10 Å². The van der Waals surface area contributed by atoms with Gasteiger partial charge in [0.1, 0.15) is 18.1 Å². The lowest BCUT2D eigenvalue weighted by atomic mass is 10.1. The zero-order chi connectivity index (χ0) is 28.1. The fraction of sp³-hybridized carbons (Fsp3) is 0.200. The first-order valence-electron chi connectivity index (χ1n) is 12.7. The van der Waals surface area contributed by atoms with Gasteiger partial charge in [0.05, 0.1) is 30.3 Å². The fourth-order valence-electron chi connectivity index (χ4n) is 3.96. The Morgan fingerprint density at radius 2 is 1.90 bits per heavy atom. The summed E-state index contributed by atoms with van der Waals surface area (Å²) >= 11 is 1.50. The number of carbonyl (C=O) groups excluding carboxylic acids is 2. The Bertz CT molecular complexity index is 1620. The second-order valence-corrected chi connectivity index (χ2v) is 10.1. The molecular formula is C30H28N4O5S. The zero-order valence-corrected chi connectivity index (χ0v) is 23.1. The summed E-state index contributed by atoms with van der Waals surface area (Å²) in [5.41, 5.74) is 4.69. The summed E-state index contributed by atoms with van der Waals surface area (Å²) in [6.07, 6.45) is 1.77. The quantitative estimate of drug-likeness (QED) is 0.240. The molecule has 0 unspecified atom stereocenters. The van der Waals surface area contributed by atoms with Gasteiger partial charge >= 0.3 is 5.97 Å². The Hall–Kier alpha value is -4.70. The fourth-order valence-corrected chi connectivity index (χ4v) is 4.93. The number of ether oxygens (including phenoxy) is 3. The third kappa shape index (κ3) is 6.29. The highest BCUT2D eigenvalue weighted by molar-refractivity contribution is 7.07. The summed E-state index contributed by atoms with van der Waals surface area (Å²) in [5, 5.41) is 9.62. The van der Waals surface area contributed by atoms with Crippen molar-refractivity contribution in [1.82, 2.24) is 4.68 Å². The second kappa shape index (κ2) is 12.0. The highest BCUT2D eigenvalue weighted by Crippen LogP contribution is 2.33. The molecule has 204 valence electrons. The maximum atomic E-state index is 11.8. The van der Waals surface area contributed by atoms with Gasteiger partial charge in [0, 0.05) is 17.0 Å². The minimum absolute atomic E-state index is 0.0144. The van der Waals surface area contributed by atoms with Gasteiger partial charge in [-0.05, 0) is 79.6 Å². The van der Waals surface area contributed by atoms with Crippen LogP contribution in [0, 0.1) is 0 Å². The SMILES string of the molecule is COC(=O)c1ccc(COc2ccc(C=Nn3c(-c4ccc5c(c4)NC(=O)CO5)csc3=NC(C)C)cc2)cc1. The molecule has 0 aliphatic carbocycles. The van der Waals surface area contributed by atoms with Gasteiger partial charge in [-0.3, -0.25) is 9.79 Å². The summed E-state index contributed by atoms with van der Waals surface area (Å²) in [5.74, 6) is 0.807. The Morgan fingerprint density at radius 1 is 1.12 bits per heavy atom. The third-order valence-corrected chi connectivity index (χ3v) is 6.78. The summed E-state index contributed by atoms with van der Waals surface area (Å²) in [4.78, 5) is 28.9. The van der Waals surface area contributed by atoms with Gasteiger partial charge in [-0.15, -0.1) is 11.3 Å². The van der Waals surface area contributed by atoms with Crippen molar-refractivity contribution in [2.24, 2.45) is 10.1 Å².